The van der Waals surface area contributed by atoms with Gasteiger partial charge in [0.2, 0.25) is 5.88 Å². The Morgan fingerprint density at radius 1 is 1.33 bits per heavy atom. The average Bonchev–Trinajstić information content (AvgIpc) is 2.40. The number of nitro groups is 1. The minimum absolute atomic E-state index is 0.00723. The number of hydrogen-bond donors (Lipinski definition) is 1. The largest absolute Gasteiger partial charge is 0.478 e. The molecule has 0 spiro atoms. The van der Waals surface area contributed by atoms with E-state index in [1.807, 2.05) is 0 Å². The van der Waals surface area contributed by atoms with Crippen LogP contribution in [0.5, 0.6) is 11.6 Å². The van der Waals surface area contributed by atoms with Gasteiger partial charge in [0.25, 0.3) is 5.69 Å². The molecule has 0 saturated carbocycles. The van der Waals surface area contributed by atoms with Crippen molar-refractivity contribution in [1.29, 1.82) is 0 Å². The summed E-state index contributed by atoms with van der Waals surface area (Å²) in [5.41, 5.74) is 1.05. The molecule has 2 aromatic rings. The van der Waals surface area contributed by atoms with Crippen molar-refractivity contribution in [2.75, 3.05) is 0 Å². The van der Waals surface area contributed by atoms with Crippen molar-refractivity contribution in [3.05, 3.63) is 57.3 Å². The van der Waals surface area contributed by atoms with E-state index in [1.54, 1.807) is 19.9 Å². The fraction of sp³-hybridized carbons (Fsp3) is 0.143. The van der Waals surface area contributed by atoms with Crippen LogP contribution in [-0.2, 0) is 0 Å². The molecule has 0 amide bonds. The lowest BCUT2D eigenvalue weighted by atomic mass is 10.1. The molecule has 2 rings (SSSR count). The maximum Gasteiger partial charge on any atom is 0.339 e. The number of rotatable bonds is 4. The van der Waals surface area contributed by atoms with Crippen LogP contribution < -0.4 is 4.74 Å². The number of ether oxygens (including phenoxy) is 1. The minimum atomic E-state index is -1.12. The third-order valence-electron chi connectivity index (χ3n) is 2.83. The Hall–Kier alpha value is -2.96. The van der Waals surface area contributed by atoms with Crippen LogP contribution in [0.15, 0.2) is 30.5 Å². The van der Waals surface area contributed by atoms with E-state index in [0.29, 0.717) is 5.56 Å². The standard InChI is InChI=1S/C14H12N2O5/c1-8-3-4-12(10(5-8)14(17)18)21-13-6-9(2)11(7-15-13)16(19)20/h3-7H,1-2H3,(H,17,18). The summed E-state index contributed by atoms with van der Waals surface area (Å²) in [5.74, 6) is -0.884. The van der Waals surface area contributed by atoms with E-state index in [9.17, 15) is 14.9 Å². The molecule has 0 aliphatic carbocycles. The minimum Gasteiger partial charge on any atom is -0.478 e. The summed E-state index contributed by atoms with van der Waals surface area (Å²) in [6.07, 6.45) is 1.08. The monoisotopic (exact) mass is 288 g/mol. The van der Waals surface area contributed by atoms with E-state index in [-0.39, 0.29) is 22.9 Å². The van der Waals surface area contributed by atoms with Gasteiger partial charge in [0, 0.05) is 11.6 Å². The van der Waals surface area contributed by atoms with Gasteiger partial charge in [0.15, 0.2) is 0 Å². The normalized spacial score (nSPS) is 10.2. The molecule has 21 heavy (non-hydrogen) atoms. The van der Waals surface area contributed by atoms with Crippen LogP contribution in [0.3, 0.4) is 0 Å². The molecule has 1 heterocycles. The van der Waals surface area contributed by atoms with Crippen molar-refractivity contribution in [3.8, 4) is 11.6 Å². The van der Waals surface area contributed by atoms with Crippen LogP contribution in [-0.4, -0.2) is 21.0 Å². The summed E-state index contributed by atoms with van der Waals surface area (Å²) in [6.45, 7) is 3.32. The number of carbonyl (C=O) groups is 1. The molecule has 0 aliphatic rings. The second-order valence-corrected chi connectivity index (χ2v) is 4.47. The Morgan fingerprint density at radius 3 is 2.62 bits per heavy atom. The summed E-state index contributed by atoms with van der Waals surface area (Å²) in [7, 11) is 0. The van der Waals surface area contributed by atoms with Crippen LogP contribution in [0.4, 0.5) is 5.69 Å². The maximum atomic E-state index is 11.2. The Kier molecular flexibility index (Phi) is 3.84. The number of aromatic carboxylic acids is 1. The first-order valence-corrected chi connectivity index (χ1v) is 6.01. The molecule has 0 unspecified atom stereocenters. The quantitative estimate of drug-likeness (QED) is 0.685. The lowest BCUT2D eigenvalue weighted by Gasteiger charge is -2.09. The molecule has 0 fully saturated rings. The zero-order valence-corrected chi connectivity index (χ0v) is 11.4. The van der Waals surface area contributed by atoms with Gasteiger partial charge >= 0.3 is 5.97 Å². The highest BCUT2D eigenvalue weighted by Crippen LogP contribution is 2.27. The summed E-state index contributed by atoms with van der Waals surface area (Å²) >= 11 is 0. The highest BCUT2D eigenvalue weighted by molar-refractivity contribution is 5.91. The maximum absolute atomic E-state index is 11.2. The number of carboxylic acid groups (broad SMARTS) is 1. The van der Waals surface area contributed by atoms with Gasteiger partial charge in [-0.15, -0.1) is 0 Å². The Morgan fingerprint density at radius 2 is 2.05 bits per heavy atom. The molecule has 1 N–H and O–H groups in total. The molecular weight excluding hydrogens is 276 g/mol. The third kappa shape index (κ3) is 3.14. The number of hydrogen-bond acceptors (Lipinski definition) is 5. The van der Waals surface area contributed by atoms with Crippen molar-refractivity contribution in [3.63, 3.8) is 0 Å². The van der Waals surface area contributed by atoms with E-state index >= 15 is 0 Å². The second-order valence-electron chi connectivity index (χ2n) is 4.47. The van der Waals surface area contributed by atoms with E-state index in [2.05, 4.69) is 4.98 Å². The molecule has 0 bridgehead atoms. The summed E-state index contributed by atoms with van der Waals surface area (Å²) < 4.78 is 5.43. The zero-order valence-electron chi connectivity index (χ0n) is 11.4. The van der Waals surface area contributed by atoms with E-state index < -0.39 is 10.9 Å². The van der Waals surface area contributed by atoms with Crippen molar-refractivity contribution < 1.29 is 19.6 Å². The summed E-state index contributed by atoms with van der Waals surface area (Å²) in [6, 6.07) is 6.11. The number of benzene rings is 1. The predicted octanol–water partition coefficient (Wildman–Crippen LogP) is 3.10. The molecule has 7 nitrogen and oxygen atoms in total. The number of aromatic nitrogens is 1. The van der Waals surface area contributed by atoms with Gasteiger partial charge < -0.3 is 9.84 Å². The lowest BCUT2D eigenvalue weighted by molar-refractivity contribution is -0.385. The zero-order chi connectivity index (χ0) is 15.6. The van der Waals surface area contributed by atoms with E-state index in [1.165, 1.54) is 18.2 Å². The van der Waals surface area contributed by atoms with Crippen molar-refractivity contribution in [2.45, 2.75) is 13.8 Å². The van der Waals surface area contributed by atoms with Crippen LogP contribution in [0.25, 0.3) is 0 Å². The Labute approximate surface area is 120 Å². The molecule has 0 aliphatic heterocycles. The van der Waals surface area contributed by atoms with Crippen LogP contribution in [0.2, 0.25) is 0 Å². The Bertz CT molecular complexity index is 727. The van der Waals surface area contributed by atoms with Crippen molar-refractivity contribution >= 4 is 11.7 Å². The lowest BCUT2D eigenvalue weighted by Crippen LogP contribution is -2.02. The highest BCUT2D eigenvalue weighted by atomic mass is 16.6. The smallest absolute Gasteiger partial charge is 0.339 e. The molecule has 0 radical (unpaired) electrons. The number of aryl methyl sites for hydroxylation is 2. The Balaban J connectivity index is 2.37. The number of pyridine rings is 1. The van der Waals surface area contributed by atoms with Gasteiger partial charge in [-0.2, -0.15) is 0 Å². The first-order valence-electron chi connectivity index (χ1n) is 6.01. The molecule has 108 valence electrons. The van der Waals surface area contributed by atoms with Crippen LogP contribution >= 0.6 is 0 Å². The average molecular weight is 288 g/mol. The molecule has 0 atom stereocenters. The molecule has 1 aromatic heterocycles. The van der Waals surface area contributed by atoms with Crippen molar-refractivity contribution in [2.24, 2.45) is 0 Å². The molecule has 0 saturated heterocycles. The van der Waals surface area contributed by atoms with Gasteiger partial charge in [0.05, 0.1) is 4.92 Å². The predicted molar refractivity (Wildman–Crippen MR) is 73.8 cm³/mol. The van der Waals surface area contributed by atoms with Gasteiger partial charge in [0.1, 0.15) is 17.5 Å². The highest BCUT2D eigenvalue weighted by Gasteiger charge is 2.15. The van der Waals surface area contributed by atoms with Crippen molar-refractivity contribution in [1.82, 2.24) is 4.98 Å². The van der Waals surface area contributed by atoms with Gasteiger partial charge in [-0.3, -0.25) is 10.1 Å². The third-order valence-corrected chi connectivity index (χ3v) is 2.83. The number of carboxylic acids is 1. The van der Waals surface area contributed by atoms with Crippen LogP contribution in [0.1, 0.15) is 21.5 Å². The topological polar surface area (TPSA) is 103 Å². The fourth-order valence-electron chi connectivity index (χ4n) is 1.78. The molecule has 7 heteroatoms. The first kappa shape index (κ1) is 14.4. The van der Waals surface area contributed by atoms with Gasteiger partial charge in [-0.1, -0.05) is 11.6 Å². The number of nitrogens with zero attached hydrogens (tertiary/aromatic N) is 2. The van der Waals surface area contributed by atoms with E-state index in [4.69, 9.17) is 9.84 Å². The fourth-order valence-corrected chi connectivity index (χ4v) is 1.78. The SMILES string of the molecule is Cc1ccc(Oc2cc(C)c([N+](=O)[O-])cn2)c(C(=O)O)c1. The summed E-state index contributed by atoms with van der Waals surface area (Å²) in [5, 5.41) is 19.9. The van der Waals surface area contributed by atoms with Gasteiger partial charge in [-0.05, 0) is 26.0 Å². The molecular formula is C14H12N2O5. The van der Waals surface area contributed by atoms with E-state index in [0.717, 1.165) is 11.8 Å². The second kappa shape index (κ2) is 5.58. The van der Waals surface area contributed by atoms with Gasteiger partial charge in [-0.25, -0.2) is 9.78 Å². The summed E-state index contributed by atoms with van der Waals surface area (Å²) in [4.78, 5) is 25.2. The van der Waals surface area contributed by atoms with Crippen LogP contribution in [0, 0.1) is 24.0 Å². The molecule has 1 aromatic carbocycles. The first-order chi connectivity index (χ1) is 9.88.